The highest BCUT2D eigenvalue weighted by Gasteiger charge is 2.50. The van der Waals surface area contributed by atoms with E-state index in [2.05, 4.69) is 28.3 Å². The van der Waals surface area contributed by atoms with Crippen molar-refractivity contribution in [2.75, 3.05) is 7.05 Å². The lowest BCUT2D eigenvalue weighted by molar-refractivity contribution is -0.0515. The van der Waals surface area contributed by atoms with E-state index in [1.54, 1.807) is 6.07 Å². The first-order chi connectivity index (χ1) is 10.2. The Bertz CT molecular complexity index is 516. The van der Waals surface area contributed by atoms with Gasteiger partial charge in [0.05, 0.1) is 4.47 Å². The van der Waals surface area contributed by atoms with Gasteiger partial charge in [0.25, 0.3) is 0 Å². The predicted octanol–water partition coefficient (Wildman–Crippen LogP) is 4.92. The smallest absolute Gasteiger partial charge is 0.137 e. The summed E-state index contributed by atoms with van der Waals surface area (Å²) >= 11 is 3.34. The summed E-state index contributed by atoms with van der Waals surface area (Å²) in [5.41, 5.74) is 1.24. The van der Waals surface area contributed by atoms with E-state index in [1.165, 1.54) is 37.7 Å². The number of benzene rings is 1. The third-order valence-corrected chi connectivity index (χ3v) is 6.91. The molecule has 0 spiro atoms. The molecule has 4 bridgehead atoms. The summed E-state index contributed by atoms with van der Waals surface area (Å²) in [6, 6.07) is 5.91. The van der Waals surface area contributed by atoms with E-state index in [9.17, 15) is 4.39 Å². The Kier molecular flexibility index (Phi) is 3.61. The number of rotatable bonds is 3. The van der Waals surface area contributed by atoms with Gasteiger partial charge < -0.3 is 5.32 Å². The van der Waals surface area contributed by atoms with E-state index in [4.69, 9.17) is 0 Å². The Morgan fingerprint density at radius 2 is 1.71 bits per heavy atom. The Morgan fingerprint density at radius 3 is 2.24 bits per heavy atom. The summed E-state index contributed by atoms with van der Waals surface area (Å²) < 4.78 is 14.1. The molecule has 1 aromatic rings. The second-order valence-corrected chi connectivity index (χ2v) is 8.30. The van der Waals surface area contributed by atoms with Crippen molar-refractivity contribution < 1.29 is 4.39 Å². The number of halogens is 2. The Morgan fingerprint density at radius 1 is 1.10 bits per heavy atom. The largest absolute Gasteiger partial charge is 0.313 e. The van der Waals surface area contributed by atoms with Crippen LogP contribution in [0.4, 0.5) is 4.39 Å². The lowest BCUT2D eigenvalue weighted by Crippen LogP contribution is -2.49. The predicted molar refractivity (Wildman–Crippen MR) is 86.4 cm³/mol. The van der Waals surface area contributed by atoms with Crippen LogP contribution in [0.1, 0.15) is 43.7 Å². The minimum absolute atomic E-state index is 0.168. The van der Waals surface area contributed by atoms with Gasteiger partial charge >= 0.3 is 0 Å². The van der Waals surface area contributed by atoms with Gasteiger partial charge in [0.1, 0.15) is 5.82 Å². The van der Waals surface area contributed by atoms with Gasteiger partial charge in [-0.2, -0.15) is 0 Å². The van der Waals surface area contributed by atoms with Crippen molar-refractivity contribution in [3.8, 4) is 0 Å². The molecule has 1 aromatic carbocycles. The van der Waals surface area contributed by atoms with E-state index in [1.807, 2.05) is 12.1 Å². The summed E-state index contributed by atoms with van der Waals surface area (Å²) in [4.78, 5) is 0. The van der Waals surface area contributed by atoms with Crippen LogP contribution < -0.4 is 5.32 Å². The van der Waals surface area contributed by atoms with E-state index in [0.29, 0.717) is 10.5 Å². The van der Waals surface area contributed by atoms with Crippen molar-refractivity contribution in [1.29, 1.82) is 0 Å². The molecule has 5 rings (SSSR count). The molecular formula is C18H23BrFN. The van der Waals surface area contributed by atoms with Crippen LogP contribution in [0.2, 0.25) is 0 Å². The second-order valence-electron chi connectivity index (χ2n) is 7.45. The van der Waals surface area contributed by atoms with Crippen LogP contribution in [0.3, 0.4) is 0 Å². The molecule has 0 aliphatic heterocycles. The zero-order chi connectivity index (χ0) is 14.6. The van der Waals surface area contributed by atoms with E-state index in [-0.39, 0.29) is 5.82 Å². The minimum atomic E-state index is -0.168. The highest BCUT2D eigenvalue weighted by atomic mass is 79.9. The molecule has 0 saturated heterocycles. The topological polar surface area (TPSA) is 12.0 Å². The summed E-state index contributed by atoms with van der Waals surface area (Å²) in [5, 5.41) is 3.55. The number of hydrogen-bond donors (Lipinski definition) is 1. The molecule has 0 heterocycles. The lowest BCUT2D eigenvalue weighted by atomic mass is 9.50. The average molecular weight is 352 g/mol. The molecule has 21 heavy (non-hydrogen) atoms. The average Bonchev–Trinajstić information content (AvgIpc) is 2.45. The number of nitrogens with one attached hydrogen (secondary N) is 1. The molecule has 114 valence electrons. The molecule has 1 N–H and O–H groups in total. The van der Waals surface area contributed by atoms with Gasteiger partial charge in [-0.3, -0.25) is 0 Å². The highest BCUT2D eigenvalue weighted by Crippen LogP contribution is 2.59. The minimum Gasteiger partial charge on any atom is -0.313 e. The third kappa shape index (κ3) is 2.37. The van der Waals surface area contributed by atoms with Crippen molar-refractivity contribution in [2.45, 2.75) is 38.1 Å². The van der Waals surface area contributed by atoms with Crippen molar-refractivity contribution in [3.05, 3.63) is 34.1 Å². The molecule has 3 heteroatoms. The quantitative estimate of drug-likeness (QED) is 0.814. The molecule has 1 nitrogen and oxygen atoms in total. The lowest BCUT2D eigenvalue weighted by Gasteiger charge is -2.56. The highest BCUT2D eigenvalue weighted by molar-refractivity contribution is 9.10. The van der Waals surface area contributed by atoms with Crippen molar-refractivity contribution >= 4 is 15.9 Å². The van der Waals surface area contributed by atoms with Crippen molar-refractivity contribution in [2.24, 2.45) is 29.6 Å². The van der Waals surface area contributed by atoms with Gasteiger partial charge in [0, 0.05) is 6.04 Å². The summed E-state index contributed by atoms with van der Waals surface area (Å²) in [6.07, 6.45) is 7.21. The van der Waals surface area contributed by atoms with E-state index < -0.39 is 0 Å². The zero-order valence-corrected chi connectivity index (χ0v) is 14.1. The maximum Gasteiger partial charge on any atom is 0.137 e. The zero-order valence-electron chi connectivity index (χ0n) is 12.5. The summed E-state index contributed by atoms with van der Waals surface area (Å²) in [6.45, 7) is 0. The fraction of sp³-hybridized carbons (Fsp3) is 0.667. The Labute approximate surface area is 134 Å². The fourth-order valence-electron chi connectivity index (χ4n) is 5.80. The molecule has 0 amide bonds. The van der Waals surface area contributed by atoms with Gasteiger partial charge in [0.15, 0.2) is 0 Å². The van der Waals surface area contributed by atoms with Crippen LogP contribution >= 0.6 is 15.9 Å². The van der Waals surface area contributed by atoms with Gasteiger partial charge in [-0.25, -0.2) is 4.39 Å². The molecule has 1 atom stereocenters. The standard InChI is InChI=1S/C18H23BrFN/c1-21-18(12-2-3-16(20)15(19)9-12)17-13-5-10-4-11(7-13)8-14(17)6-10/h2-3,9-11,13-14,17-18,21H,4-8H2,1H3. The first-order valence-corrected chi connectivity index (χ1v) is 9.07. The maximum absolute atomic E-state index is 13.5. The Hall–Kier alpha value is -0.410. The monoisotopic (exact) mass is 351 g/mol. The summed E-state index contributed by atoms with van der Waals surface area (Å²) in [5.74, 6) is 4.33. The van der Waals surface area contributed by atoms with Gasteiger partial charge in [0.2, 0.25) is 0 Å². The van der Waals surface area contributed by atoms with Gasteiger partial charge in [-0.1, -0.05) is 6.07 Å². The fourth-order valence-corrected chi connectivity index (χ4v) is 6.20. The normalized spacial score (nSPS) is 38.7. The van der Waals surface area contributed by atoms with Crippen LogP contribution in [-0.4, -0.2) is 7.05 Å². The van der Waals surface area contributed by atoms with Crippen LogP contribution in [0.15, 0.2) is 22.7 Å². The van der Waals surface area contributed by atoms with E-state index >= 15 is 0 Å². The molecule has 4 fully saturated rings. The molecule has 1 unspecified atom stereocenters. The molecule has 0 radical (unpaired) electrons. The maximum atomic E-state index is 13.5. The molecule has 0 aromatic heterocycles. The third-order valence-electron chi connectivity index (χ3n) is 6.30. The first-order valence-electron chi connectivity index (χ1n) is 8.28. The molecule has 4 aliphatic rings. The second kappa shape index (κ2) is 5.34. The van der Waals surface area contributed by atoms with Gasteiger partial charge in [-0.15, -0.1) is 0 Å². The first kappa shape index (κ1) is 14.2. The van der Waals surface area contributed by atoms with Gasteiger partial charge in [-0.05, 0) is 102 Å². The van der Waals surface area contributed by atoms with E-state index in [0.717, 1.165) is 29.6 Å². The van der Waals surface area contributed by atoms with Crippen molar-refractivity contribution in [3.63, 3.8) is 0 Å². The van der Waals surface area contributed by atoms with Crippen LogP contribution in [-0.2, 0) is 0 Å². The molecule has 4 aliphatic carbocycles. The molecule has 4 saturated carbocycles. The van der Waals surface area contributed by atoms with Crippen molar-refractivity contribution in [1.82, 2.24) is 5.32 Å². The Balaban J connectivity index is 1.65. The van der Waals surface area contributed by atoms with Crippen LogP contribution in [0.5, 0.6) is 0 Å². The molecular weight excluding hydrogens is 329 g/mol. The summed E-state index contributed by atoms with van der Waals surface area (Å²) in [7, 11) is 2.06. The van der Waals surface area contributed by atoms with Crippen LogP contribution in [0, 0.1) is 35.4 Å². The SMILES string of the molecule is CNC(c1ccc(F)c(Br)c1)C1C2CC3CC(C2)CC1C3. The number of hydrogen-bond acceptors (Lipinski definition) is 1. The van der Waals surface area contributed by atoms with Crippen LogP contribution in [0.25, 0.3) is 0 Å².